The largest absolute Gasteiger partial charge is 0.464 e. The third-order valence-corrected chi connectivity index (χ3v) is 5.05. The Morgan fingerprint density at radius 1 is 1.36 bits per heavy atom. The van der Waals surface area contributed by atoms with Gasteiger partial charge in [0.2, 0.25) is 10.0 Å². The van der Waals surface area contributed by atoms with E-state index in [-0.39, 0.29) is 33.6 Å². The Morgan fingerprint density at radius 3 is 2.56 bits per heavy atom. The minimum Gasteiger partial charge on any atom is -0.464 e. The number of carbonyl (C=O) groups excluding carboxylic acids is 1. The minimum atomic E-state index is -3.84. The van der Waals surface area contributed by atoms with E-state index < -0.39 is 16.0 Å². The van der Waals surface area contributed by atoms with E-state index in [0.717, 1.165) is 0 Å². The first-order valence-electron chi connectivity index (χ1n) is 7.34. The molecular weight excluding hydrogens is 344 g/mol. The van der Waals surface area contributed by atoms with Crippen LogP contribution < -0.4 is 10.5 Å². The summed E-state index contributed by atoms with van der Waals surface area (Å²) in [5.41, 5.74) is 5.91. The van der Waals surface area contributed by atoms with E-state index in [1.54, 1.807) is 26.0 Å². The molecule has 2 rings (SSSR count). The van der Waals surface area contributed by atoms with Crippen LogP contribution in [0.2, 0.25) is 0 Å². The Bertz CT molecular complexity index is 955. The third kappa shape index (κ3) is 3.50. The molecule has 0 saturated heterocycles. The van der Waals surface area contributed by atoms with Gasteiger partial charge in [0.15, 0.2) is 5.69 Å². The van der Waals surface area contributed by atoms with Crippen molar-refractivity contribution in [3.8, 4) is 11.8 Å². The van der Waals surface area contributed by atoms with E-state index in [1.807, 2.05) is 6.07 Å². The van der Waals surface area contributed by atoms with E-state index in [0.29, 0.717) is 0 Å². The molecule has 0 radical (unpaired) electrons. The summed E-state index contributed by atoms with van der Waals surface area (Å²) in [6, 6.07) is 7.66. The molecule has 25 heavy (non-hydrogen) atoms. The lowest BCUT2D eigenvalue weighted by molar-refractivity contribution is 0.0593. The summed E-state index contributed by atoms with van der Waals surface area (Å²) in [6.07, 6.45) is 1.31. The molecule has 1 heterocycles. The Kier molecular flexibility index (Phi) is 5.15. The molecule has 1 aromatic heterocycles. The van der Waals surface area contributed by atoms with Crippen LogP contribution in [-0.2, 0) is 14.8 Å². The number of anilines is 1. The summed E-state index contributed by atoms with van der Waals surface area (Å²) >= 11 is 0. The number of sulfonamides is 1. The maximum Gasteiger partial charge on any atom is 0.357 e. The lowest BCUT2D eigenvalue weighted by Crippen LogP contribution is -2.31. The van der Waals surface area contributed by atoms with Crippen molar-refractivity contribution in [1.29, 1.82) is 5.26 Å². The number of benzene rings is 1. The highest BCUT2D eigenvalue weighted by Crippen LogP contribution is 2.28. The number of nitrogen functional groups attached to an aromatic ring is 1. The molecule has 0 aliphatic rings. The van der Waals surface area contributed by atoms with Crippen molar-refractivity contribution in [2.75, 3.05) is 12.8 Å². The zero-order chi connectivity index (χ0) is 18.8. The van der Waals surface area contributed by atoms with Gasteiger partial charge in [-0.15, -0.1) is 0 Å². The first-order valence-corrected chi connectivity index (χ1v) is 8.82. The SMILES string of the molecule is COC(=O)c1c(N)c(C#N)cn1-c1ccccc1S(=O)(=O)NC(C)C. The van der Waals surface area contributed by atoms with Crippen LogP contribution in [0.15, 0.2) is 35.4 Å². The summed E-state index contributed by atoms with van der Waals surface area (Å²) in [7, 11) is -2.67. The number of methoxy groups -OCH3 is 1. The molecule has 0 aliphatic heterocycles. The molecule has 0 atom stereocenters. The average molecular weight is 362 g/mol. The fraction of sp³-hybridized carbons (Fsp3) is 0.250. The number of para-hydroxylation sites is 1. The van der Waals surface area contributed by atoms with Crippen LogP contribution in [0.5, 0.6) is 0 Å². The molecule has 0 fully saturated rings. The first kappa shape index (κ1) is 18.5. The molecule has 0 aliphatic carbocycles. The van der Waals surface area contributed by atoms with Crippen LogP contribution in [0, 0.1) is 11.3 Å². The smallest absolute Gasteiger partial charge is 0.357 e. The normalized spacial score (nSPS) is 11.3. The lowest BCUT2D eigenvalue weighted by Gasteiger charge is -2.15. The molecule has 0 saturated carbocycles. The Morgan fingerprint density at radius 2 is 2.00 bits per heavy atom. The fourth-order valence-electron chi connectivity index (χ4n) is 2.36. The van der Waals surface area contributed by atoms with Gasteiger partial charge in [0.1, 0.15) is 11.0 Å². The van der Waals surface area contributed by atoms with Crippen LogP contribution in [0.4, 0.5) is 5.69 Å². The number of ether oxygens (including phenoxy) is 1. The molecule has 3 N–H and O–H groups in total. The van der Waals surface area contributed by atoms with Crippen LogP contribution in [0.25, 0.3) is 5.69 Å². The van der Waals surface area contributed by atoms with E-state index >= 15 is 0 Å². The second-order valence-corrected chi connectivity index (χ2v) is 7.20. The summed E-state index contributed by atoms with van der Waals surface area (Å²) < 4.78 is 33.7. The number of hydrogen-bond acceptors (Lipinski definition) is 6. The Balaban J connectivity index is 2.78. The van der Waals surface area contributed by atoms with Gasteiger partial charge >= 0.3 is 5.97 Å². The Hall–Kier alpha value is -2.83. The molecule has 132 valence electrons. The highest BCUT2D eigenvalue weighted by atomic mass is 32.2. The molecule has 0 amide bonds. The number of hydrogen-bond donors (Lipinski definition) is 2. The zero-order valence-electron chi connectivity index (χ0n) is 14.0. The highest BCUT2D eigenvalue weighted by molar-refractivity contribution is 7.89. The molecule has 0 unspecified atom stereocenters. The van der Waals surface area contributed by atoms with Gasteiger partial charge in [-0.25, -0.2) is 17.9 Å². The van der Waals surface area contributed by atoms with Gasteiger partial charge in [-0.1, -0.05) is 12.1 Å². The number of nitrogens with one attached hydrogen (secondary N) is 1. The van der Waals surface area contributed by atoms with Crippen molar-refractivity contribution in [2.45, 2.75) is 24.8 Å². The van der Waals surface area contributed by atoms with E-state index in [2.05, 4.69) is 4.72 Å². The number of esters is 1. The van der Waals surface area contributed by atoms with Crippen LogP contribution >= 0.6 is 0 Å². The molecule has 2 aromatic rings. The van der Waals surface area contributed by atoms with Gasteiger partial charge < -0.3 is 15.0 Å². The van der Waals surface area contributed by atoms with E-state index in [9.17, 15) is 18.5 Å². The van der Waals surface area contributed by atoms with Crippen molar-refractivity contribution in [1.82, 2.24) is 9.29 Å². The topological polar surface area (TPSA) is 127 Å². The second-order valence-electron chi connectivity index (χ2n) is 5.52. The van der Waals surface area contributed by atoms with Crippen LogP contribution in [-0.4, -0.2) is 32.1 Å². The molecule has 0 spiro atoms. The summed E-state index contributed by atoms with van der Waals surface area (Å²) in [5, 5.41) is 9.18. The second kappa shape index (κ2) is 6.96. The van der Waals surface area contributed by atoms with Crippen molar-refractivity contribution in [3.63, 3.8) is 0 Å². The minimum absolute atomic E-state index is 0.0458. The molecule has 9 heteroatoms. The summed E-state index contributed by atoms with van der Waals surface area (Å²) in [5.74, 6) is -0.775. The van der Waals surface area contributed by atoms with Crippen LogP contribution in [0.1, 0.15) is 29.9 Å². The number of rotatable bonds is 5. The van der Waals surface area contributed by atoms with Crippen molar-refractivity contribution < 1.29 is 17.9 Å². The van der Waals surface area contributed by atoms with Gasteiger partial charge in [-0.2, -0.15) is 5.26 Å². The number of nitrogens with zero attached hydrogens (tertiary/aromatic N) is 2. The maximum absolute atomic E-state index is 12.6. The maximum atomic E-state index is 12.6. The molecular formula is C16H18N4O4S. The number of aromatic nitrogens is 1. The highest BCUT2D eigenvalue weighted by Gasteiger charge is 2.26. The third-order valence-electron chi connectivity index (χ3n) is 3.35. The average Bonchev–Trinajstić information content (AvgIpc) is 2.89. The number of nitrogens with two attached hydrogens (primary N) is 1. The quantitative estimate of drug-likeness (QED) is 0.774. The molecule has 8 nitrogen and oxygen atoms in total. The molecule has 0 bridgehead atoms. The first-order chi connectivity index (χ1) is 11.7. The van der Waals surface area contributed by atoms with Crippen molar-refractivity contribution >= 4 is 21.7 Å². The Labute approximate surface area is 145 Å². The van der Waals surface area contributed by atoms with Gasteiger partial charge in [-0.3, -0.25) is 0 Å². The predicted molar refractivity (Wildman–Crippen MR) is 91.7 cm³/mol. The summed E-state index contributed by atoms with van der Waals surface area (Å²) in [4.78, 5) is 12.1. The van der Waals surface area contributed by atoms with Crippen LogP contribution in [0.3, 0.4) is 0 Å². The van der Waals surface area contributed by atoms with E-state index in [1.165, 1.54) is 30.0 Å². The fourth-order valence-corrected chi connectivity index (χ4v) is 3.81. The van der Waals surface area contributed by atoms with Crippen molar-refractivity contribution in [2.24, 2.45) is 0 Å². The lowest BCUT2D eigenvalue weighted by atomic mass is 10.2. The zero-order valence-corrected chi connectivity index (χ0v) is 14.8. The van der Waals surface area contributed by atoms with Gasteiger partial charge in [0.05, 0.1) is 24.0 Å². The van der Waals surface area contributed by atoms with Gasteiger partial charge in [0.25, 0.3) is 0 Å². The predicted octanol–water partition coefficient (Wildman–Crippen LogP) is 1.40. The molecule has 1 aromatic carbocycles. The number of nitriles is 1. The van der Waals surface area contributed by atoms with E-state index in [4.69, 9.17) is 10.5 Å². The standard InChI is InChI=1S/C16H18N4O4S/c1-10(2)19-25(22,23)13-7-5-4-6-12(13)20-9-11(8-17)14(18)15(20)16(21)24-3/h4-7,9-10,19H,18H2,1-3H3. The van der Waals surface area contributed by atoms with Gasteiger partial charge in [0, 0.05) is 12.2 Å². The van der Waals surface area contributed by atoms with Crippen molar-refractivity contribution in [3.05, 3.63) is 41.7 Å². The number of carbonyl (C=O) groups is 1. The van der Waals surface area contributed by atoms with Gasteiger partial charge in [-0.05, 0) is 26.0 Å². The summed E-state index contributed by atoms with van der Waals surface area (Å²) in [6.45, 7) is 3.39. The monoisotopic (exact) mass is 362 g/mol.